The minimum atomic E-state index is -4.15. The molecule has 0 radical (unpaired) electrons. The summed E-state index contributed by atoms with van der Waals surface area (Å²) in [5.74, 6) is -1.68. The Bertz CT molecular complexity index is 2820. The minimum absolute atomic E-state index is 0. The van der Waals surface area contributed by atoms with E-state index in [0.717, 1.165) is 28.9 Å². The van der Waals surface area contributed by atoms with Gasteiger partial charge in [-0.3, -0.25) is 10.1 Å². The van der Waals surface area contributed by atoms with Crippen LogP contribution >= 0.6 is 23.2 Å². The van der Waals surface area contributed by atoms with Gasteiger partial charge < -0.3 is 20.4 Å². The zero-order valence-corrected chi connectivity index (χ0v) is 33.8. The molecule has 4 aromatic carbocycles. The van der Waals surface area contributed by atoms with Gasteiger partial charge in [-0.15, -0.1) is 20.5 Å². The van der Waals surface area contributed by atoms with Crippen LogP contribution in [0.15, 0.2) is 109 Å². The van der Waals surface area contributed by atoms with Crippen LogP contribution in [0.1, 0.15) is 11.4 Å². The Morgan fingerprint density at radius 1 is 0.655 bits per heavy atom. The minimum Gasteiger partial charge on any atom is -0.506 e. The van der Waals surface area contributed by atoms with E-state index in [-0.39, 0.29) is 67.4 Å². The van der Waals surface area contributed by atoms with E-state index in [0.29, 0.717) is 17.1 Å². The maximum absolute atomic E-state index is 11.4. The number of halogens is 2. The summed E-state index contributed by atoms with van der Waals surface area (Å²) in [6.45, 7) is 3.16. The third kappa shape index (κ3) is 9.94. The van der Waals surface area contributed by atoms with E-state index in [9.17, 15) is 47.4 Å². The molecule has 8 N–H and O–H groups in total. The van der Waals surface area contributed by atoms with E-state index in [4.69, 9.17) is 33.5 Å². The molecule has 0 fully saturated rings. The van der Waals surface area contributed by atoms with Gasteiger partial charge >= 0.3 is 0 Å². The number of hydrogen-bond donors (Lipinski definition) is 6. The number of non-ortho nitro benzene ring substituents is 1. The molecule has 2 heterocycles. The molecule has 0 amide bonds. The fourth-order valence-corrected chi connectivity index (χ4v) is 6.94. The van der Waals surface area contributed by atoms with E-state index in [1.54, 1.807) is 31.2 Å². The van der Waals surface area contributed by atoms with E-state index >= 15 is 0 Å². The van der Waals surface area contributed by atoms with Gasteiger partial charge in [-0.1, -0.05) is 41.4 Å². The summed E-state index contributed by atoms with van der Waals surface area (Å²) in [6.07, 6.45) is 0. The number of rotatable bonds is 9. The summed E-state index contributed by atoms with van der Waals surface area (Å²) in [5, 5.41) is 84.7. The summed E-state index contributed by atoms with van der Waals surface area (Å²) in [6, 6.07) is 18.1. The molecule has 0 aliphatic heterocycles. The number of sulfonamides is 2. The molecule has 6 aromatic rings. The van der Waals surface area contributed by atoms with Crippen molar-refractivity contribution in [3.63, 3.8) is 0 Å². The van der Waals surface area contributed by atoms with Crippen molar-refractivity contribution in [2.24, 2.45) is 30.7 Å². The number of hydrogen-bond acceptors (Lipinski definition) is 16. The van der Waals surface area contributed by atoms with Crippen LogP contribution in [-0.2, 0) is 37.4 Å². The molecule has 58 heavy (non-hydrogen) atoms. The third-order valence-electron chi connectivity index (χ3n) is 7.50. The van der Waals surface area contributed by atoms with Crippen LogP contribution in [-0.4, -0.2) is 61.7 Å². The van der Waals surface area contributed by atoms with E-state index in [1.807, 2.05) is 6.07 Å². The maximum Gasteiger partial charge on any atom is 0.269 e. The van der Waals surface area contributed by atoms with E-state index in [1.165, 1.54) is 35.9 Å². The number of benzene rings is 4. The van der Waals surface area contributed by atoms with Gasteiger partial charge in [-0.05, 0) is 50.2 Å². The Morgan fingerprint density at radius 2 is 1.03 bits per heavy atom. The van der Waals surface area contributed by atoms with Crippen LogP contribution in [0.25, 0.3) is 11.4 Å². The number of phenolic OH excluding ortho intramolecular Hbond substituents is 2. The third-order valence-corrected chi connectivity index (χ3v) is 10.3. The average molecular weight is 913 g/mol. The van der Waals surface area contributed by atoms with Crippen LogP contribution < -0.4 is 10.3 Å². The summed E-state index contributed by atoms with van der Waals surface area (Å²) in [5.41, 5.74) is 1.27. The van der Waals surface area contributed by atoms with Gasteiger partial charge in [0.05, 0.1) is 37.7 Å². The molecule has 0 bridgehead atoms. The number of azo groups is 2. The number of primary sulfonamides is 2. The average Bonchev–Trinajstić information content (AvgIpc) is 3.59. The Balaban J connectivity index is 0.000000254. The number of nitrogens with zero attached hydrogens (tertiary/aromatic N) is 9. The first-order valence-electron chi connectivity index (χ1n) is 15.5. The molecule has 0 saturated carbocycles. The quantitative estimate of drug-likeness (QED) is 0.0513. The van der Waals surface area contributed by atoms with Gasteiger partial charge in [-0.25, -0.2) is 27.1 Å². The number of aromatic hydroxyl groups is 4. The van der Waals surface area contributed by atoms with E-state index in [2.05, 4.69) is 30.7 Å². The first kappa shape index (κ1) is 44.7. The van der Waals surface area contributed by atoms with Crippen molar-refractivity contribution in [1.29, 1.82) is 0 Å². The fraction of sp³-hybridized carbons (Fsp3) is 0.0625. The van der Waals surface area contributed by atoms with Gasteiger partial charge in [0.2, 0.25) is 31.8 Å². The number of nitro groups is 1. The van der Waals surface area contributed by atoms with Crippen molar-refractivity contribution >= 4 is 71.7 Å². The first-order valence-corrected chi connectivity index (χ1v) is 19.3. The smallest absolute Gasteiger partial charge is 0.269 e. The molecule has 21 nitrogen and oxygen atoms in total. The van der Waals surface area contributed by atoms with Crippen LogP contribution in [0, 0.1) is 24.0 Å². The summed E-state index contributed by atoms with van der Waals surface area (Å²) in [7, 11) is -8.25. The molecule has 0 unspecified atom stereocenters. The molecule has 0 atom stereocenters. The van der Waals surface area contributed by atoms with Gasteiger partial charge in [0.15, 0.2) is 11.4 Å². The van der Waals surface area contributed by atoms with Crippen molar-refractivity contribution in [3.05, 3.63) is 110 Å². The monoisotopic (exact) mass is 911 g/mol. The van der Waals surface area contributed by atoms with Gasteiger partial charge in [0.1, 0.15) is 32.7 Å². The molecule has 0 aliphatic rings. The number of phenols is 2. The molecule has 26 heteroatoms. The van der Waals surface area contributed by atoms with Crippen LogP contribution in [0.3, 0.4) is 0 Å². The van der Waals surface area contributed by atoms with Crippen molar-refractivity contribution < 1.29 is 59.5 Å². The van der Waals surface area contributed by atoms with Gasteiger partial charge in [0.25, 0.3) is 5.69 Å². The number of aryl methyl sites for hydroxylation is 2. The van der Waals surface area contributed by atoms with Crippen molar-refractivity contribution in [1.82, 2.24) is 19.6 Å². The SMILES string of the molecule is Cc1nn(-c2ccc([N+](=O)[O-])cc2)c(O)c1N=Nc1cc(Cl)c(S(N)(=O)=O)cc1O.Cc1nn(-c2ccccc2)c(O)c1N=Nc1cc(Cl)c(S(N)(=O)=O)cc1O.[Cr]. The second-order valence-electron chi connectivity index (χ2n) is 11.5. The zero-order valence-electron chi connectivity index (χ0n) is 29.4. The predicted molar refractivity (Wildman–Crippen MR) is 204 cm³/mol. The Kier molecular flexibility index (Phi) is 13.6. The number of nitro benzene ring substituents is 1. The Morgan fingerprint density at radius 3 is 1.40 bits per heavy atom. The van der Waals surface area contributed by atoms with Crippen LogP contribution in [0.2, 0.25) is 10.0 Å². The molecule has 2 aromatic heterocycles. The summed E-state index contributed by atoms with van der Waals surface area (Å²) < 4.78 is 48.1. The molecule has 0 aliphatic carbocycles. The topological polar surface area (TPSA) is 329 Å². The number of nitrogens with two attached hydrogens (primary N) is 2. The molecular formula is C32H27Cl2CrN11O10S2. The molecule has 0 saturated heterocycles. The van der Waals surface area contributed by atoms with Crippen molar-refractivity contribution in [3.8, 4) is 34.6 Å². The maximum atomic E-state index is 11.4. The van der Waals surface area contributed by atoms with Crippen LogP contribution in [0.5, 0.6) is 23.3 Å². The molecule has 0 spiro atoms. The van der Waals surface area contributed by atoms with E-state index < -0.39 is 52.1 Å². The normalized spacial score (nSPS) is 11.7. The second kappa shape index (κ2) is 17.7. The zero-order chi connectivity index (χ0) is 42.0. The van der Waals surface area contributed by atoms with Gasteiger partial charge in [-0.2, -0.15) is 19.6 Å². The number of aromatic nitrogens is 4. The van der Waals surface area contributed by atoms with Crippen LogP contribution in [0.4, 0.5) is 28.4 Å². The number of para-hydroxylation sites is 1. The largest absolute Gasteiger partial charge is 0.506 e. The standard InChI is InChI=1S/C16H13ClN6O6S.C16H14ClN5O4S.Cr/c1-8-15(16(25)22(21-8)9-2-4-10(5-3-9)23(26)27)20-19-12-6-11(17)14(7-13(12)24)30(18,28)29;1-9-15(16(24)22(21-9)10-5-3-2-4-6-10)20-19-12-7-11(17)14(8-13(12)23)27(18,25)26;/h2-7,24-25H,1H3,(H2,18,28,29);2-8,23-24H,1H3,(H2,18,25,26);. The van der Waals surface area contributed by atoms with Crippen molar-refractivity contribution in [2.45, 2.75) is 23.6 Å². The second-order valence-corrected chi connectivity index (χ2v) is 15.4. The van der Waals surface area contributed by atoms with Crippen molar-refractivity contribution in [2.75, 3.05) is 0 Å². The Hall–Kier alpha value is -5.97. The molecule has 302 valence electrons. The molecule has 6 rings (SSSR count). The predicted octanol–water partition coefficient (Wildman–Crippen LogP) is 6.52. The molecular weight excluding hydrogens is 885 g/mol. The Labute approximate surface area is 348 Å². The van der Waals surface area contributed by atoms with Gasteiger partial charge in [0, 0.05) is 41.6 Å². The fourth-order valence-electron chi connectivity index (χ4n) is 4.76. The summed E-state index contributed by atoms with van der Waals surface area (Å²) >= 11 is 11.7. The summed E-state index contributed by atoms with van der Waals surface area (Å²) in [4.78, 5) is 9.28. The first-order chi connectivity index (χ1) is 26.7.